The van der Waals surface area contributed by atoms with Crippen molar-refractivity contribution < 1.29 is 9.90 Å². The normalized spacial score (nSPS) is 9.81. The van der Waals surface area contributed by atoms with Crippen LogP contribution in [0.4, 0.5) is 0 Å². The highest BCUT2D eigenvalue weighted by Crippen LogP contribution is 2.21. The van der Waals surface area contributed by atoms with Crippen LogP contribution in [0.2, 0.25) is 0 Å². The van der Waals surface area contributed by atoms with Crippen LogP contribution in [-0.2, 0) is 23.0 Å². The number of rotatable bonds is 4. The van der Waals surface area contributed by atoms with Gasteiger partial charge in [-0.25, -0.2) is 0 Å². The fourth-order valence-electron chi connectivity index (χ4n) is 1.58. The maximum atomic E-state index is 10.7. The first-order valence-electron chi connectivity index (χ1n) is 4.94. The molecule has 1 N–H and O–H groups in total. The van der Waals surface area contributed by atoms with Gasteiger partial charge in [0.15, 0.2) is 0 Å². The van der Waals surface area contributed by atoms with Gasteiger partial charge in [0, 0.05) is 5.33 Å². The minimum Gasteiger partial charge on any atom is -0.481 e. The molecule has 0 radical (unpaired) electrons. The number of benzene rings is 1. The summed E-state index contributed by atoms with van der Waals surface area (Å²) in [7, 11) is 0. The minimum atomic E-state index is -0.914. The average molecular weight is 282 g/mol. The first kappa shape index (κ1) is 12.7. The molecule has 0 aliphatic rings. The molecule has 16 heavy (non-hydrogen) atoms. The van der Waals surface area contributed by atoms with Crippen molar-refractivity contribution in [1.29, 1.82) is 5.26 Å². The van der Waals surface area contributed by atoms with Crippen molar-refractivity contribution in [3.8, 4) is 6.07 Å². The summed E-state index contributed by atoms with van der Waals surface area (Å²) in [5.41, 5.74) is 3.03. The van der Waals surface area contributed by atoms with Gasteiger partial charge in [-0.1, -0.05) is 28.9 Å². The number of aryl methyl sites for hydroxylation is 1. The van der Waals surface area contributed by atoms with E-state index in [9.17, 15) is 4.79 Å². The van der Waals surface area contributed by atoms with E-state index in [1.54, 1.807) is 6.07 Å². The van der Waals surface area contributed by atoms with Gasteiger partial charge >= 0.3 is 5.97 Å². The van der Waals surface area contributed by atoms with Crippen LogP contribution < -0.4 is 0 Å². The lowest BCUT2D eigenvalue weighted by Gasteiger charge is -2.09. The van der Waals surface area contributed by atoms with E-state index in [2.05, 4.69) is 22.0 Å². The van der Waals surface area contributed by atoms with Crippen LogP contribution in [0.3, 0.4) is 0 Å². The number of nitriles is 1. The summed E-state index contributed by atoms with van der Waals surface area (Å²) in [6, 6.07) is 5.79. The van der Waals surface area contributed by atoms with Crippen molar-refractivity contribution in [2.75, 3.05) is 0 Å². The van der Waals surface area contributed by atoms with Crippen LogP contribution in [0, 0.1) is 11.3 Å². The molecule has 0 bridgehead atoms. The fraction of sp³-hybridized carbons (Fsp3) is 0.333. The summed E-state index contributed by atoms with van der Waals surface area (Å²) in [6.07, 6.45) is 0.732. The second kappa shape index (κ2) is 5.66. The summed E-state index contributed by atoms with van der Waals surface area (Å²) in [5, 5.41) is 18.4. The maximum absolute atomic E-state index is 10.7. The highest BCUT2D eigenvalue weighted by Gasteiger charge is 2.12. The second-order valence-electron chi connectivity index (χ2n) is 3.45. The predicted molar refractivity (Wildman–Crippen MR) is 64.5 cm³/mol. The van der Waals surface area contributed by atoms with Gasteiger partial charge in [0.05, 0.1) is 18.1 Å². The molecular weight excluding hydrogens is 270 g/mol. The molecule has 3 nitrogen and oxygen atoms in total. The highest BCUT2D eigenvalue weighted by atomic mass is 79.9. The number of alkyl halides is 1. The Morgan fingerprint density at radius 3 is 2.69 bits per heavy atom. The first-order chi connectivity index (χ1) is 7.62. The van der Waals surface area contributed by atoms with E-state index >= 15 is 0 Å². The Kier molecular flexibility index (Phi) is 4.51. The standard InChI is InChI=1S/C12H12BrNO2/c1-2-8-3-9(6-13)11(5-12(15)16)10(4-8)7-14/h3-4H,2,5-6H2,1H3,(H,15,16). The lowest BCUT2D eigenvalue weighted by molar-refractivity contribution is -0.136. The molecule has 0 heterocycles. The minimum absolute atomic E-state index is 0.103. The Morgan fingerprint density at radius 1 is 1.56 bits per heavy atom. The number of hydrogen-bond donors (Lipinski definition) is 1. The molecule has 84 valence electrons. The molecule has 0 spiro atoms. The Labute approximate surface area is 103 Å². The summed E-state index contributed by atoms with van der Waals surface area (Å²) in [5.74, 6) is -0.914. The van der Waals surface area contributed by atoms with Gasteiger partial charge in [0.1, 0.15) is 0 Å². The molecule has 0 aromatic heterocycles. The second-order valence-corrected chi connectivity index (χ2v) is 4.01. The molecule has 0 unspecified atom stereocenters. The van der Waals surface area contributed by atoms with Crippen LogP contribution in [0.25, 0.3) is 0 Å². The van der Waals surface area contributed by atoms with E-state index in [0.717, 1.165) is 17.5 Å². The number of carboxylic acids is 1. The Morgan fingerprint density at radius 2 is 2.25 bits per heavy atom. The molecule has 0 fully saturated rings. The topological polar surface area (TPSA) is 61.1 Å². The zero-order valence-corrected chi connectivity index (χ0v) is 10.5. The third kappa shape index (κ3) is 2.83. The molecule has 0 amide bonds. The zero-order valence-electron chi connectivity index (χ0n) is 8.96. The molecule has 0 atom stereocenters. The zero-order chi connectivity index (χ0) is 12.1. The van der Waals surface area contributed by atoms with Gasteiger partial charge in [-0.3, -0.25) is 4.79 Å². The van der Waals surface area contributed by atoms with Crippen LogP contribution >= 0.6 is 15.9 Å². The van der Waals surface area contributed by atoms with Crippen LogP contribution in [0.1, 0.15) is 29.2 Å². The van der Waals surface area contributed by atoms with Gasteiger partial charge < -0.3 is 5.11 Å². The number of nitrogens with zero attached hydrogens (tertiary/aromatic N) is 1. The van der Waals surface area contributed by atoms with Crippen molar-refractivity contribution in [1.82, 2.24) is 0 Å². The number of carbonyl (C=O) groups is 1. The third-order valence-corrected chi connectivity index (χ3v) is 3.01. The number of aliphatic carboxylic acids is 1. The van der Waals surface area contributed by atoms with Crippen molar-refractivity contribution in [2.45, 2.75) is 25.1 Å². The van der Waals surface area contributed by atoms with Crippen molar-refractivity contribution >= 4 is 21.9 Å². The molecule has 1 aromatic carbocycles. The molecule has 1 aromatic rings. The van der Waals surface area contributed by atoms with E-state index in [-0.39, 0.29) is 6.42 Å². The molecule has 0 saturated carbocycles. The summed E-state index contributed by atoms with van der Waals surface area (Å²) in [6.45, 7) is 2.01. The van der Waals surface area contributed by atoms with Crippen LogP contribution in [0.5, 0.6) is 0 Å². The van der Waals surface area contributed by atoms with Crippen molar-refractivity contribution in [3.63, 3.8) is 0 Å². The first-order valence-corrected chi connectivity index (χ1v) is 6.07. The quantitative estimate of drug-likeness (QED) is 0.863. The monoisotopic (exact) mass is 281 g/mol. The van der Waals surface area contributed by atoms with E-state index in [4.69, 9.17) is 10.4 Å². The van der Waals surface area contributed by atoms with Crippen molar-refractivity contribution in [2.24, 2.45) is 0 Å². The van der Waals surface area contributed by atoms with Gasteiger partial charge in [0.2, 0.25) is 0 Å². The van der Waals surface area contributed by atoms with Gasteiger partial charge in [0.25, 0.3) is 0 Å². The smallest absolute Gasteiger partial charge is 0.307 e. The van der Waals surface area contributed by atoms with Gasteiger partial charge in [-0.15, -0.1) is 0 Å². The summed E-state index contributed by atoms with van der Waals surface area (Å²) in [4.78, 5) is 10.7. The Hall–Kier alpha value is -1.34. The van der Waals surface area contributed by atoms with E-state index in [1.807, 2.05) is 13.0 Å². The van der Waals surface area contributed by atoms with Crippen molar-refractivity contribution in [3.05, 3.63) is 34.4 Å². The number of hydrogen-bond acceptors (Lipinski definition) is 2. The molecule has 0 aliphatic carbocycles. The number of carboxylic acid groups (broad SMARTS) is 1. The third-order valence-electron chi connectivity index (χ3n) is 2.40. The molecular formula is C12H12BrNO2. The van der Waals surface area contributed by atoms with Gasteiger partial charge in [-0.05, 0) is 29.2 Å². The van der Waals surface area contributed by atoms with Crippen LogP contribution in [-0.4, -0.2) is 11.1 Å². The van der Waals surface area contributed by atoms with Gasteiger partial charge in [-0.2, -0.15) is 5.26 Å². The number of halogens is 1. The Balaban J connectivity index is 3.32. The van der Waals surface area contributed by atoms with Crippen LogP contribution in [0.15, 0.2) is 12.1 Å². The summed E-state index contributed by atoms with van der Waals surface area (Å²) >= 11 is 3.32. The largest absolute Gasteiger partial charge is 0.481 e. The average Bonchev–Trinajstić information content (AvgIpc) is 2.28. The lowest BCUT2D eigenvalue weighted by Crippen LogP contribution is -2.06. The maximum Gasteiger partial charge on any atom is 0.307 e. The lowest BCUT2D eigenvalue weighted by atomic mass is 9.96. The highest BCUT2D eigenvalue weighted by molar-refractivity contribution is 9.08. The fourth-order valence-corrected chi connectivity index (χ4v) is 2.08. The molecule has 4 heteroatoms. The SMILES string of the molecule is CCc1cc(C#N)c(CC(=O)O)c(CBr)c1. The van der Waals surface area contributed by atoms with E-state index in [0.29, 0.717) is 16.5 Å². The molecule has 0 aliphatic heterocycles. The molecule has 1 rings (SSSR count). The van der Waals surface area contributed by atoms with E-state index in [1.165, 1.54) is 0 Å². The molecule has 0 saturated heterocycles. The predicted octanol–water partition coefficient (Wildman–Crippen LogP) is 2.64. The Bertz CT molecular complexity index is 449. The van der Waals surface area contributed by atoms with E-state index < -0.39 is 5.97 Å². The summed E-state index contributed by atoms with van der Waals surface area (Å²) < 4.78 is 0.